The summed E-state index contributed by atoms with van der Waals surface area (Å²) in [6.07, 6.45) is 2.11. The van der Waals surface area contributed by atoms with Gasteiger partial charge in [0, 0.05) is 5.39 Å². The lowest BCUT2D eigenvalue weighted by Gasteiger charge is -2.26. The van der Waals surface area contributed by atoms with Gasteiger partial charge in [-0.2, -0.15) is 5.10 Å². The fraction of sp³-hybridized carbons (Fsp3) is 0.231. The highest BCUT2D eigenvalue weighted by atomic mass is 19.1. The first kappa shape index (κ1) is 22.5. The number of rotatable bonds is 8. The minimum Gasteiger partial charge on any atom is -0.484 e. The number of hydrogen-bond acceptors (Lipinski definition) is 3. The van der Waals surface area contributed by atoms with E-state index in [-0.39, 0.29) is 5.82 Å². The number of carbonyl (C=O) groups excluding carboxylic acids is 1. The Morgan fingerprint density at radius 3 is 2.48 bits per heavy atom. The lowest BCUT2D eigenvalue weighted by atomic mass is 10.0. The van der Waals surface area contributed by atoms with Crippen molar-refractivity contribution in [1.82, 2.24) is 15.1 Å². The Bertz CT molecular complexity index is 1240. The van der Waals surface area contributed by atoms with Crippen LogP contribution in [0.5, 0.6) is 5.75 Å². The second-order valence-corrected chi connectivity index (χ2v) is 7.88. The fourth-order valence-corrected chi connectivity index (χ4v) is 3.79. The van der Waals surface area contributed by atoms with Gasteiger partial charge in [0.15, 0.2) is 6.67 Å². The van der Waals surface area contributed by atoms with Gasteiger partial charge < -0.3 is 10.1 Å². The third-order valence-corrected chi connectivity index (χ3v) is 5.55. The average molecular weight is 450 g/mol. The Balaban J connectivity index is 1.63. The van der Waals surface area contributed by atoms with Gasteiger partial charge in [-0.3, -0.25) is 4.79 Å². The van der Waals surface area contributed by atoms with Crippen molar-refractivity contribution in [2.45, 2.75) is 32.4 Å². The average Bonchev–Trinajstić information content (AvgIpc) is 3.26. The maximum atomic E-state index is 13.3. The molecule has 0 bridgehead atoms. The molecule has 33 heavy (non-hydrogen) atoms. The third-order valence-electron chi connectivity index (χ3n) is 5.55. The number of nitrogens with zero attached hydrogens (tertiary/aromatic N) is 2. The molecule has 0 radical (unpaired) electrons. The zero-order valence-electron chi connectivity index (χ0n) is 18.5. The van der Waals surface area contributed by atoms with Crippen molar-refractivity contribution in [3.05, 3.63) is 89.9 Å². The van der Waals surface area contributed by atoms with E-state index in [1.54, 1.807) is 29.9 Å². The lowest BCUT2D eigenvalue weighted by Crippen LogP contribution is -2.39. The SMILES string of the molecule is CCc1ccc([C@@H](Oc2ccc3c(cnn3-c3ccc(F)cc3)c2)[C@H](C)NC(=O)CF)cc1. The second-order valence-electron chi connectivity index (χ2n) is 7.88. The van der Waals surface area contributed by atoms with Crippen LogP contribution in [0, 0.1) is 5.82 Å². The van der Waals surface area contributed by atoms with Crippen LogP contribution in [-0.4, -0.2) is 28.4 Å². The number of carbonyl (C=O) groups is 1. The monoisotopic (exact) mass is 449 g/mol. The number of nitrogens with one attached hydrogen (secondary N) is 1. The minimum atomic E-state index is -1.08. The number of benzene rings is 3. The van der Waals surface area contributed by atoms with E-state index in [0.717, 1.165) is 28.6 Å². The first-order valence-corrected chi connectivity index (χ1v) is 10.8. The van der Waals surface area contributed by atoms with Crippen LogP contribution in [-0.2, 0) is 11.2 Å². The number of aromatic nitrogens is 2. The zero-order chi connectivity index (χ0) is 23.4. The van der Waals surface area contributed by atoms with E-state index in [9.17, 15) is 13.6 Å². The van der Waals surface area contributed by atoms with E-state index in [2.05, 4.69) is 17.3 Å². The predicted octanol–water partition coefficient (Wildman–Crippen LogP) is 5.32. The quantitative estimate of drug-likeness (QED) is 0.396. The maximum absolute atomic E-state index is 13.3. The molecule has 3 aromatic carbocycles. The molecule has 4 aromatic rings. The van der Waals surface area contributed by atoms with Crippen LogP contribution in [0.25, 0.3) is 16.6 Å². The summed E-state index contributed by atoms with van der Waals surface area (Å²) in [6.45, 7) is 2.78. The number of ether oxygens (including phenoxy) is 1. The molecule has 0 fully saturated rings. The van der Waals surface area contributed by atoms with Crippen LogP contribution in [0.3, 0.4) is 0 Å². The van der Waals surface area contributed by atoms with E-state index in [4.69, 9.17) is 4.74 Å². The summed E-state index contributed by atoms with van der Waals surface area (Å²) < 4.78 is 34.1. The smallest absolute Gasteiger partial charge is 0.251 e. The maximum Gasteiger partial charge on any atom is 0.251 e. The van der Waals surface area contributed by atoms with E-state index in [0.29, 0.717) is 5.75 Å². The first-order chi connectivity index (χ1) is 16.0. The Labute approximate surface area is 191 Å². The fourth-order valence-electron chi connectivity index (χ4n) is 3.79. The van der Waals surface area contributed by atoms with Crippen molar-refractivity contribution in [1.29, 1.82) is 0 Å². The topological polar surface area (TPSA) is 56.1 Å². The minimum absolute atomic E-state index is 0.308. The molecule has 0 spiro atoms. The summed E-state index contributed by atoms with van der Waals surface area (Å²) in [5, 5.41) is 7.92. The van der Waals surface area contributed by atoms with Gasteiger partial charge in [-0.25, -0.2) is 13.5 Å². The van der Waals surface area contributed by atoms with Gasteiger partial charge in [0.2, 0.25) is 0 Å². The predicted molar refractivity (Wildman–Crippen MR) is 124 cm³/mol. The molecule has 5 nitrogen and oxygen atoms in total. The molecule has 0 aliphatic heterocycles. The van der Waals surface area contributed by atoms with Crippen LogP contribution in [0.15, 0.2) is 72.9 Å². The van der Waals surface area contributed by atoms with Gasteiger partial charge in [0.05, 0.1) is 23.4 Å². The van der Waals surface area contributed by atoms with E-state index in [1.165, 1.54) is 17.7 Å². The number of halogens is 2. The number of hydrogen-bond donors (Lipinski definition) is 1. The van der Waals surface area contributed by atoms with Crippen molar-refractivity contribution in [2.24, 2.45) is 0 Å². The molecule has 0 aliphatic carbocycles. The number of amides is 1. The Morgan fingerprint density at radius 2 is 1.82 bits per heavy atom. The Morgan fingerprint density at radius 1 is 1.09 bits per heavy atom. The standard InChI is InChI=1S/C26H25F2N3O2/c1-3-18-4-6-19(7-5-18)26(17(2)30-25(32)15-27)33-23-12-13-24-20(14-23)16-29-31(24)22-10-8-21(28)9-11-22/h4-14,16-17,26H,3,15H2,1-2H3,(H,30,32)/t17-,26-/m0/s1. The summed E-state index contributed by atoms with van der Waals surface area (Å²) in [6, 6.07) is 19.2. The molecule has 1 aromatic heterocycles. The molecule has 170 valence electrons. The van der Waals surface area contributed by atoms with Crippen molar-refractivity contribution in [3.63, 3.8) is 0 Å². The van der Waals surface area contributed by atoms with Crippen molar-refractivity contribution < 1.29 is 18.3 Å². The molecule has 1 amide bonds. The summed E-state index contributed by atoms with van der Waals surface area (Å²) in [5.74, 6) is -0.401. The van der Waals surface area contributed by atoms with Gasteiger partial charge in [-0.15, -0.1) is 0 Å². The molecule has 0 saturated heterocycles. The van der Waals surface area contributed by atoms with E-state index in [1.807, 2.05) is 42.5 Å². The molecule has 0 aliphatic rings. The highest BCUT2D eigenvalue weighted by Gasteiger charge is 2.23. The van der Waals surface area contributed by atoms with Crippen LogP contribution >= 0.6 is 0 Å². The normalized spacial score (nSPS) is 13.0. The van der Waals surface area contributed by atoms with Crippen LogP contribution in [0.4, 0.5) is 8.78 Å². The molecule has 1 N–H and O–H groups in total. The van der Waals surface area contributed by atoms with Gasteiger partial charge in [-0.05, 0) is 66.9 Å². The molecule has 0 saturated carbocycles. The van der Waals surface area contributed by atoms with Crippen molar-refractivity contribution in [3.8, 4) is 11.4 Å². The highest BCUT2D eigenvalue weighted by molar-refractivity contribution is 5.81. The molecule has 7 heteroatoms. The number of fused-ring (bicyclic) bond motifs is 1. The Hall–Kier alpha value is -3.74. The first-order valence-electron chi connectivity index (χ1n) is 10.8. The van der Waals surface area contributed by atoms with Crippen LogP contribution in [0.2, 0.25) is 0 Å². The largest absolute Gasteiger partial charge is 0.484 e. The lowest BCUT2D eigenvalue weighted by molar-refractivity contribution is -0.123. The second kappa shape index (κ2) is 9.81. The van der Waals surface area contributed by atoms with E-state index < -0.39 is 24.7 Å². The van der Waals surface area contributed by atoms with Crippen molar-refractivity contribution >= 4 is 16.8 Å². The van der Waals surface area contributed by atoms with E-state index >= 15 is 0 Å². The molecule has 4 rings (SSSR count). The van der Waals surface area contributed by atoms with Gasteiger partial charge in [0.1, 0.15) is 17.7 Å². The highest BCUT2D eigenvalue weighted by Crippen LogP contribution is 2.29. The number of alkyl halides is 1. The number of aryl methyl sites for hydroxylation is 1. The van der Waals surface area contributed by atoms with Gasteiger partial charge in [0.25, 0.3) is 5.91 Å². The zero-order valence-corrected chi connectivity index (χ0v) is 18.5. The van der Waals surface area contributed by atoms with Crippen molar-refractivity contribution in [2.75, 3.05) is 6.67 Å². The molecule has 0 unspecified atom stereocenters. The van der Waals surface area contributed by atoms with Gasteiger partial charge >= 0.3 is 0 Å². The van der Waals surface area contributed by atoms with Gasteiger partial charge in [-0.1, -0.05) is 31.2 Å². The van der Waals surface area contributed by atoms with Crippen LogP contribution in [0.1, 0.15) is 31.1 Å². The summed E-state index contributed by atoms with van der Waals surface area (Å²) in [4.78, 5) is 11.7. The van der Waals surface area contributed by atoms with Crippen LogP contribution < -0.4 is 10.1 Å². The molecule has 1 heterocycles. The summed E-state index contributed by atoms with van der Waals surface area (Å²) in [5.41, 5.74) is 3.65. The summed E-state index contributed by atoms with van der Waals surface area (Å²) >= 11 is 0. The molecular weight excluding hydrogens is 424 g/mol. The Kier molecular flexibility index (Phi) is 6.68. The molecular formula is C26H25F2N3O2. The molecule has 2 atom stereocenters. The third kappa shape index (κ3) is 5.03. The summed E-state index contributed by atoms with van der Waals surface area (Å²) in [7, 11) is 0.